The molecule has 2 aromatic rings. The number of non-ortho nitro benzene ring substituents is 1. The van der Waals surface area contributed by atoms with Crippen LogP contribution >= 0.6 is 11.8 Å². The number of nitrogens with one attached hydrogen (secondary N) is 1. The Morgan fingerprint density at radius 3 is 2.50 bits per heavy atom. The Labute approximate surface area is 192 Å². The SMILES string of the molecule is COc1ccc([N+](=O)[O-])cc1N(CC(=O)NCCCSCc1ccc(C)cc1)S(C)(=O)=O. The van der Waals surface area contributed by atoms with Crippen molar-refractivity contribution in [1.29, 1.82) is 0 Å². The number of hydrogen-bond acceptors (Lipinski definition) is 7. The molecule has 0 saturated heterocycles. The lowest BCUT2D eigenvalue weighted by atomic mass is 10.2. The molecule has 0 heterocycles. The summed E-state index contributed by atoms with van der Waals surface area (Å²) in [5, 5.41) is 13.8. The Bertz CT molecular complexity index is 1040. The first kappa shape index (κ1) is 25.5. The number of methoxy groups -OCH3 is 1. The van der Waals surface area contributed by atoms with E-state index in [2.05, 4.69) is 29.6 Å². The molecule has 2 rings (SSSR count). The normalized spacial score (nSPS) is 11.1. The lowest BCUT2D eigenvalue weighted by Crippen LogP contribution is -2.40. The Morgan fingerprint density at radius 1 is 1.22 bits per heavy atom. The van der Waals surface area contributed by atoms with E-state index in [1.54, 1.807) is 11.8 Å². The molecule has 0 aromatic heterocycles. The first-order chi connectivity index (χ1) is 15.1. The van der Waals surface area contributed by atoms with Crippen LogP contribution in [0, 0.1) is 17.0 Å². The second kappa shape index (κ2) is 11.7. The fourth-order valence-electron chi connectivity index (χ4n) is 2.83. The van der Waals surface area contributed by atoms with Crippen molar-refractivity contribution in [1.82, 2.24) is 5.32 Å². The van der Waals surface area contributed by atoms with Gasteiger partial charge in [0.15, 0.2) is 0 Å². The molecule has 0 aliphatic rings. The van der Waals surface area contributed by atoms with Crippen molar-refractivity contribution in [3.8, 4) is 5.75 Å². The fraction of sp³-hybridized carbons (Fsp3) is 0.381. The molecule has 0 aliphatic carbocycles. The zero-order chi connectivity index (χ0) is 23.7. The molecule has 9 nitrogen and oxygen atoms in total. The number of carbonyl (C=O) groups excluding carboxylic acids is 1. The molecule has 32 heavy (non-hydrogen) atoms. The molecule has 11 heteroatoms. The smallest absolute Gasteiger partial charge is 0.271 e. The van der Waals surface area contributed by atoms with Crippen molar-refractivity contribution in [2.45, 2.75) is 19.1 Å². The third-order valence-electron chi connectivity index (χ3n) is 4.51. The summed E-state index contributed by atoms with van der Waals surface area (Å²) in [6.07, 6.45) is 1.65. The number of amides is 1. The minimum Gasteiger partial charge on any atom is -0.495 e. The van der Waals surface area contributed by atoms with Gasteiger partial charge in [0.25, 0.3) is 5.69 Å². The van der Waals surface area contributed by atoms with E-state index in [4.69, 9.17) is 4.74 Å². The van der Waals surface area contributed by atoms with Gasteiger partial charge in [-0.1, -0.05) is 29.8 Å². The molecule has 0 bridgehead atoms. The average Bonchev–Trinajstić information content (AvgIpc) is 2.74. The summed E-state index contributed by atoms with van der Waals surface area (Å²) in [5.74, 6) is 1.32. The van der Waals surface area contributed by atoms with Gasteiger partial charge in [0, 0.05) is 24.4 Å². The number of ether oxygens (including phenoxy) is 1. The third-order valence-corrected chi connectivity index (χ3v) is 6.75. The van der Waals surface area contributed by atoms with E-state index in [0.717, 1.165) is 34.6 Å². The highest BCUT2D eigenvalue weighted by Crippen LogP contribution is 2.33. The number of benzene rings is 2. The molecule has 1 amide bonds. The van der Waals surface area contributed by atoms with Gasteiger partial charge in [-0.2, -0.15) is 11.8 Å². The number of carbonyl (C=O) groups is 1. The van der Waals surface area contributed by atoms with Crippen LogP contribution < -0.4 is 14.4 Å². The Balaban J connectivity index is 1.91. The third kappa shape index (κ3) is 7.72. The highest BCUT2D eigenvalue weighted by atomic mass is 32.2. The molecule has 1 N–H and O–H groups in total. The van der Waals surface area contributed by atoms with Gasteiger partial charge < -0.3 is 10.1 Å². The summed E-state index contributed by atoms with van der Waals surface area (Å²) < 4.78 is 30.6. The fourth-order valence-corrected chi connectivity index (χ4v) is 4.60. The number of nitrogens with zero attached hydrogens (tertiary/aromatic N) is 2. The molecule has 0 atom stereocenters. The number of aryl methyl sites for hydroxylation is 1. The van der Waals surface area contributed by atoms with Crippen LogP contribution in [0.2, 0.25) is 0 Å². The van der Waals surface area contributed by atoms with E-state index >= 15 is 0 Å². The topological polar surface area (TPSA) is 119 Å². The van der Waals surface area contributed by atoms with E-state index < -0.39 is 27.4 Å². The van der Waals surface area contributed by atoms with Crippen molar-refractivity contribution in [3.05, 3.63) is 63.7 Å². The Kier molecular flexibility index (Phi) is 9.33. The van der Waals surface area contributed by atoms with Crippen LogP contribution in [-0.4, -0.2) is 51.5 Å². The highest BCUT2D eigenvalue weighted by Gasteiger charge is 2.26. The van der Waals surface area contributed by atoms with E-state index in [1.165, 1.54) is 30.4 Å². The van der Waals surface area contributed by atoms with Crippen LogP contribution in [-0.2, 0) is 20.6 Å². The van der Waals surface area contributed by atoms with Gasteiger partial charge >= 0.3 is 0 Å². The summed E-state index contributed by atoms with van der Waals surface area (Å²) in [7, 11) is -2.58. The first-order valence-electron chi connectivity index (χ1n) is 9.82. The van der Waals surface area contributed by atoms with Crippen molar-refractivity contribution in [2.75, 3.05) is 36.5 Å². The maximum absolute atomic E-state index is 12.4. The molecule has 174 valence electrons. The van der Waals surface area contributed by atoms with E-state index in [9.17, 15) is 23.3 Å². The molecule has 0 aliphatic heterocycles. The summed E-state index contributed by atoms with van der Waals surface area (Å²) in [6.45, 7) is 1.93. The molecule has 0 unspecified atom stereocenters. The van der Waals surface area contributed by atoms with Crippen LogP contribution in [0.25, 0.3) is 0 Å². The van der Waals surface area contributed by atoms with E-state index in [-0.39, 0.29) is 17.1 Å². The van der Waals surface area contributed by atoms with Gasteiger partial charge in [-0.3, -0.25) is 19.2 Å². The number of nitro benzene ring substituents is 1. The lowest BCUT2D eigenvalue weighted by Gasteiger charge is -2.23. The second-order valence-corrected chi connectivity index (χ2v) is 10.1. The molecular formula is C21H27N3O6S2. The summed E-state index contributed by atoms with van der Waals surface area (Å²) in [6, 6.07) is 11.9. The first-order valence-corrected chi connectivity index (χ1v) is 12.8. The van der Waals surface area contributed by atoms with Crippen LogP contribution in [0.1, 0.15) is 17.5 Å². The average molecular weight is 482 g/mol. The minimum atomic E-state index is -3.90. The van der Waals surface area contributed by atoms with Crippen molar-refractivity contribution < 1.29 is 22.9 Å². The predicted octanol–water partition coefficient (Wildman–Crippen LogP) is 3.12. The van der Waals surface area contributed by atoms with Crippen molar-refractivity contribution in [3.63, 3.8) is 0 Å². The van der Waals surface area contributed by atoms with Crippen molar-refractivity contribution in [2.24, 2.45) is 0 Å². The quantitative estimate of drug-likeness (QED) is 0.281. The molecule has 0 spiro atoms. The number of thioether (sulfide) groups is 1. The van der Waals surface area contributed by atoms with E-state index in [0.29, 0.717) is 6.54 Å². The van der Waals surface area contributed by atoms with E-state index in [1.807, 2.05) is 6.92 Å². The second-order valence-electron chi connectivity index (χ2n) is 7.12. The zero-order valence-electron chi connectivity index (χ0n) is 18.2. The molecule has 2 aromatic carbocycles. The summed E-state index contributed by atoms with van der Waals surface area (Å²) >= 11 is 1.75. The van der Waals surface area contributed by atoms with Crippen LogP contribution in [0.5, 0.6) is 5.75 Å². The molecule has 0 fully saturated rings. The van der Waals surface area contributed by atoms with Crippen LogP contribution in [0.15, 0.2) is 42.5 Å². The molecular weight excluding hydrogens is 454 g/mol. The lowest BCUT2D eigenvalue weighted by molar-refractivity contribution is -0.384. The van der Waals surface area contributed by atoms with Gasteiger partial charge in [-0.15, -0.1) is 0 Å². The maximum atomic E-state index is 12.4. The number of sulfonamides is 1. The number of rotatable bonds is 12. The number of hydrogen-bond donors (Lipinski definition) is 1. The van der Waals surface area contributed by atoms with Gasteiger partial charge in [0.1, 0.15) is 18.0 Å². The number of anilines is 1. The Morgan fingerprint density at radius 2 is 1.91 bits per heavy atom. The number of nitro groups is 1. The standard InChI is InChI=1S/C21H27N3O6S2/c1-16-5-7-17(8-6-16)15-31-12-4-11-22-21(25)14-23(32(3,28)29)19-13-18(24(26)27)9-10-20(19)30-2/h5-10,13H,4,11-12,14-15H2,1-3H3,(H,22,25). The van der Waals surface area contributed by atoms with Crippen LogP contribution in [0.3, 0.4) is 0 Å². The summed E-state index contributed by atoms with van der Waals surface area (Å²) in [5.41, 5.74) is 2.08. The largest absolute Gasteiger partial charge is 0.495 e. The highest BCUT2D eigenvalue weighted by molar-refractivity contribution is 7.98. The van der Waals surface area contributed by atoms with Crippen molar-refractivity contribution >= 4 is 39.1 Å². The molecule has 0 radical (unpaired) electrons. The van der Waals surface area contributed by atoms with Gasteiger partial charge in [0.05, 0.1) is 18.3 Å². The summed E-state index contributed by atoms with van der Waals surface area (Å²) in [4.78, 5) is 22.8. The van der Waals surface area contributed by atoms with Crippen LogP contribution in [0.4, 0.5) is 11.4 Å². The minimum absolute atomic E-state index is 0.0620. The van der Waals surface area contributed by atoms with Gasteiger partial charge in [-0.05, 0) is 30.7 Å². The zero-order valence-corrected chi connectivity index (χ0v) is 19.9. The predicted molar refractivity (Wildman–Crippen MR) is 127 cm³/mol. The Hall–Kier alpha value is -2.79. The van der Waals surface area contributed by atoms with Gasteiger partial charge in [0.2, 0.25) is 15.9 Å². The molecule has 0 saturated carbocycles. The maximum Gasteiger partial charge on any atom is 0.271 e. The van der Waals surface area contributed by atoms with Gasteiger partial charge in [-0.25, -0.2) is 8.42 Å². The monoisotopic (exact) mass is 481 g/mol.